The Morgan fingerprint density at radius 3 is 2.80 bits per heavy atom. The molecule has 1 aromatic carbocycles. The van der Waals surface area contributed by atoms with Gasteiger partial charge in [-0.25, -0.2) is 9.37 Å². The van der Waals surface area contributed by atoms with Gasteiger partial charge in [0, 0.05) is 24.2 Å². The van der Waals surface area contributed by atoms with Gasteiger partial charge in [-0.1, -0.05) is 31.3 Å². The Morgan fingerprint density at radius 2 is 2.15 bits per heavy atom. The number of thiazole rings is 1. The maximum Gasteiger partial charge on any atom is 0.190 e. The van der Waals surface area contributed by atoms with E-state index in [1.54, 1.807) is 17.4 Å². The number of halogens is 1. The Labute approximate surface area is 123 Å². The minimum atomic E-state index is -0.227. The molecule has 0 aliphatic heterocycles. The molecule has 0 spiro atoms. The zero-order chi connectivity index (χ0) is 14.5. The van der Waals surface area contributed by atoms with Gasteiger partial charge in [-0.3, -0.25) is 0 Å². The third kappa shape index (κ3) is 3.35. The molecule has 0 atom stereocenters. The highest BCUT2D eigenvalue weighted by Gasteiger charge is 2.14. The molecule has 0 bridgehead atoms. The first-order chi connectivity index (χ1) is 9.65. The van der Waals surface area contributed by atoms with Crippen molar-refractivity contribution < 1.29 is 4.39 Å². The van der Waals surface area contributed by atoms with Crippen molar-refractivity contribution >= 4 is 22.2 Å². The van der Waals surface area contributed by atoms with Crippen LogP contribution in [0, 0.1) is 5.82 Å². The number of anilines is 2. The number of hydrogen-bond donors (Lipinski definition) is 1. The summed E-state index contributed by atoms with van der Waals surface area (Å²) in [6.45, 7) is 5.98. The lowest BCUT2D eigenvalue weighted by Gasteiger charge is -2.15. The summed E-state index contributed by atoms with van der Waals surface area (Å²) in [5.74, 6) is -0.227. The second kappa shape index (κ2) is 6.81. The van der Waals surface area contributed by atoms with Gasteiger partial charge >= 0.3 is 0 Å². The number of aromatic nitrogens is 1. The van der Waals surface area contributed by atoms with Crippen molar-refractivity contribution in [2.24, 2.45) is 0 Å². The quantitative estimate of drug-likeness (QED) is 0.880. The van der Waals surface area contributed by atoms with Gasteiger partial charge in [-0.2, -0.15) is 0 Å². The van der Waals surface area contributed by atoms with Crippen molar-refractivity contribution in [2.45, 2.75) is 26.8 Å². The summed E-state index contributed by atoms with van der Waals surface area (Å²) >= 11 is 1.66. The average Bonchev–Trinajstić information content (AvgIpc) is 2.87. The van der Waals surface area contributed by atoms with Crippen molar-refractivity contribution in [3.63, 3.8) is 0 Å². The highest BCUT2D eigenvalue weighted by Crippen LogP contribution is 2.31. The molecular weight excluding hydrogens is 273 g/mol. The van der Waals surface area contributed by atoms with Crippen molar-refractivity contribution in [1.82, 2.24) is 10.3 Å². The molecule has 0 aliphatic rings. The molecule has 1 aromatic heterocycles. The van der Waals surface area contributed by atoms with E-state index in [0.717, 1.165) is 36.0 Å². The van der Waals surface area contributed by atoms with Crippen molar-refractivity contribution in [3.8, 4) is 0 Å². The Bertz CT molecular complexity index is 568. The molecular formula is C15H20FN3S. The van der Waals surface area contributed by atoms with Crippen LogP contribution in [0.2, 0.25) is 0 Å². The van der Waals surface area contributed by atoms with Crippen molar-refractivity contribution in [3.05, 3.63) is 40.7 Å². The van der Waals surface area contributed by atoms with E-state index in [4.69, 9.17) is 0 Å². The van der Waals surface area contributed by atoms with Crippen LogP contribution < -0.4 is 10.2 Å². The lowest BCUT2D eigenvalue weighted by atomic mass is 10.3. The van der Waals surface area contributed by atoms with Gasteiger partial charge in [0.2, 0.25) is 0 Å². The third-order valence-corrected chi connectivity index (χ3v) is 4.29. The Hall–Kier alpha value is -1.46. The van der Waals surface area contributed by atoms with Crippen LogP contribution in [-0.4, -0.2) is 18.6 Å². The fourth-order valence-electron chi connectivity index (χ4n) is 1.96. The number of benzene rings is 1. The summed E-state index contributed by atoms with van der Waals surface area (Å²) in [7, 11) is 1.92. The summed E-state index contributed by atoms with van der Waals surface area (Å²) < 4.78 is 13.3. The summed E-state index contributed by atoms with van der Waals surface area (Å²) in [6, 6.07) is 6.58. The number of nitrogens with zero attached hydrogens (tertiary/aromatic N) is 2. The maximum atomic E-state index is 13.3. The fourth-order valence-corrected chi connectivity index (χ4v) is 3.06. The van der Waals surface area contributed by atoms with Crippen LogP contribution >= 0.6 is 11.3 Å². The molecule has 20 heavy (non-hydrogen) atoms. The summed E-state index contributed by atoms with van der Waals surface area (Å²) in [4.78, 5) is 7.86. The highest BCUT2D eigenvalue weighted by molar-refractivity contribution is 7.15. The summed E-state index contributed by atoms with van der Waals surface area (Å²) in [5.41, 5.74) is 1.94. The lowest BCUT2D eigenvalue weighted by molar-refractivity contribution is 0.628. The minimum absolute atomic E-state index is 0.227. The van der Waals surface area contributed by atoms with Crippen LogP contribution in [0.5, 0.6) is 0 Å². The zero-order valence-electron chi connectivity index (χ0n) is 12.1. The van der Waals surface area contributed by atoms with Gasteiger partial charge in [0.1, 0.15) is 5.82 Å². The van der Waals surface area contributed by atoms with Gasteiger partial charge in [0.25, 0.3) is 0 Å². The van der Waals surface area contributed by atoms with E-state index >= 15 is 0 Å². The standard InChI is InChI=1S/C15H20FN3S/c1-4-13-14(10-17-5-2)20-15(18-13)19(3)12-8-6-7-11(16)9-12/h6-9,17H,4-5,10H2,1-3H3. The molecule has 0 unspecified atom stereocenters. The molecule has 5 heteroatoms. The Balaban J connectivity index is 2.25. The number of nitrogens with one attached hydrogen (secondary N) is 1. The molecule has 0 amide bonds. The lowest BCUT2D eigenvalue weighted by Crippen LogP contribution is -2.11. The molecule has 0 fully saturated rings. The second-order valence-electron chi connectivity index (χ2n) is 4.54. The Morgan fingerprint density at radius 1 is 1.35 bits per heavy atom. The van der Waals surface area contributed by atoms with Gasteiger partial charge in [-0.05, 0) is 31.2 Å². The number of rotatable bonds is 6. The van der Waals surface area contributed by atoms with Crippen molar-refractivity contribution in [2.75, 3.05) is 18.5 Å². The minimum Gasteiger partial charge on any atom is -0.321 e. The van der Waals surface area contributed by atoms with Gasteiger partial charge in [0.05, 0.1) is 5.69 Å². The van der Waals surface area contributed by atoms with Crippen LogP contribution in [-0.2, 0) is 13.0 Å². The van der Waals surface area contributed by atoms with E-state index in [0.29, 0.717) is 0 Å². The highest BCUT2D eigenvalue weighted by atomic mass is 32.1. The van der Waals surface area contributed by atoms with Crippen LogP contribution in [0.1, 0.15) is 24.4 Å². The topological polar surface area (TPSA) is 28.2 Å². The van der Waals surface area contributed by atoms with Crippen LogP contribution in [0.15, 0.2) is 24.3 Å². The first-order valence-electron chi connectivity index (χ1n) is 6.84. The molecule has 0 radical (unpaired) electrons. The first-order valence-corrected chi connectivity index (χ1v) is 7.66. The molecule has 0 aliphatic carbocycles. The molecule has 3 nitrogen and oxygen atoms in total. The smallest absolute Gasteiger partial charge is 0.190 e. The van der Waals surface area contributed by atoms with Gasteiger partial charge in [-0.15, -0.1) is 0 Å². The van der Waals surface area contributed by atoms with E-state index in [-0.39, 0.29) is 5.82 Å². The zero-order valence-corrected chi connectivity index (χ0v) is 12.9. The Kier molecular flexibility index (Phi) is 5.09. The fraction of sp³-hybridized carbons (Fsp3) is 0.400. The van der Waals surface area contributed by atoms with Crippen LogP contribution in [0.25, 0.3) is 0 Å². The largest absolute Gasteiger partial charge is 0.321 e. The van der Waals surface area contributed by atoms with E-state index in [1.807, 2.05) is 18.0 Å². The van der Waals surface area contributed by atoms with Crippen LogP contribution in [0.4, 0.5) is 15.2 Å². The van der Waals surface area contributed by atoms with E-state index in [9.17, 15) is 4.39 Å². The van der Waals surface area contributed by atoms with E-state index < -0.39 is 0 Å². The maximum absolute atomic E-state index is 13.3. The monoisotopic (exact) mass is 293 g/mol. The first kappa shape index (κ1) is 14.9. The number of aryl methyl sites for hydroxylation is 1. The predicted molar refractivity (Wildman–Crippen MR) is 83.3 cm³/mol. The summed E-state index contributed by atoms with van der Waals surface area (Å²) in [5, 5.41) is 4.24. The van der Waals surface area contributed by atoms with Gasteiger partial charge < -0.3 is 10.2 Å². The van der Waals surface area contributed by atoms with Gasteiger partial charge in [0.15, 0.2) is 5.13 Å². The molecule has 1 heterocycles. The van der Waals surface area contributed by atoms with E-state index in [2.05, 4.69) is 24.1 Å². The second-order valence-corrected chi connectivity index (χ2v) is 5.60. The third-order valence-electron chi connectivity index (χ3n) is 3.12. The average molecular weight is 293 g/mol. The van der Waals surface area contributed by atoms with Crippen molar-refractivity contribution in [1.29, 1.82) is 0 Å². The molecule has 2 rings (SSSR count). The number of hydrogen-bond acceptors (Lipinski definition) is 4. The van der Waals surface area contributed by atoms with E-state index in [1.165, 1.54) is 17.0 Å². The normalized spacial score (nSPS) is 10.8. The molecule has 1 N–H and O–H groups in total. The summed E-state index contributed by atoms with van der Waals surface area (Å²) in [6.07, 6.45) is 0.911. The SMILES string of the molecule is CCNCc1sc(N(C)c2cccc(F)c2)nc1CC. The molecule has 108 valence electrons. The molecule has 0 saturated heterocycles. The molecule has 2 aromatic rings. The molecule has 0 saturated carbocycles. The van der Waals surface area contributed by atoms with Crippen LogP contribution in [0.3, 0.4) is 0 Å². The predicted octanol–water partition coefficient (Wildman–Crippen LogP) is 3.72.